The minimum Gasteiger partial charge on any atom is -0.456 e. The SMILES string of the molecule is c1cc2ccc3ccc(-c4ccc5c(c4)oc4cc(-c6ccc7ccc8cccc9ccc6c7c89)ccc45)c4ccc(c1)c2c34. The number of benzene rings is 10. The Morgan fingerprint density at radius 2 is 0.644 bits per heavy atom. The molecule has 0 fully saturated rings. The molecule has 0 radical (unpaired) electrons. The van der Waals surface area contributed by atoms with Crippen LogP contribution in [0.15, 0.2) is 150 Å². The Hall–Kier alpha value is -5.92. The van der Waals surface area contributed by atoms with Crippen molar-refractivity contribution in [1.29, 1.82) is 0 Å². The first-order chi connectivity index (χ1) is 22.3. The quantitative estimate of drug-likeness (QED) is 0.189. The highest BCUT2D eigenvalue weighted by molar-refractivity contribution is 6.27. The van der Waals surface area contributed by atoms with Crippen LogP contribution in [0.25, 0.3) is 109 Å². The standard InChI is InChI=1S/C44H24O/c1-3-25-7-9-29-11-17-33(37-21-13-27(5-1)41(25)43(29)37)31-15-19-35-36-20-16-32(24-40(36)45-39(35)23-31)34-18-12-30-10-8-26-4-2-6-28-14-22-38(34)44(30)42(26)28/h1-24H. The molecule has 11 rings (SSSR count). The molecule has 0 aliphatic carbocycles. The van der Waals surface area contributed by atoms with Gasteiger partial charge in [-0.2, -0.15) is 0 Å². The fourth-order valence-electron chi connectivity index (χ4n) is 8.09. The first-order valence-electron chi connectivity index (χ1n) is 15.6. The Morgan fingerprint density at radius 3 is 1.09 bits per heavy atom. The van der Waals surface area contributed by atoms with E-state index >= 15 is 0 Å². The minimum atomic E-state index is 0.917. The zero-order valence-corrected chi connectivity index (χ0v) is 24.3. The summed E-state index contributed by atoms with van der Waals surface area (Å²) in [6, 6.07) is 53.6. The molecule has 0 bridgehead atoms. The molecule has 45 heavy (non-hydrogen) atoms. The first kappa shape index (κ1) is 23.5. The van der Waals surface area contributed by atoms with Gasteiger partial charge in [0.25, 0.3) is 0 Å². The molecule has 0 unspecified atom stereocenters. The van der Waals surface area contributed by atoms with E-state index in [0.29, 0.717) is 0 Å². The van der Waals surface area contributed by atoms with E-state index in [0.717, 1.165) is 21.9 Å². The van der Waals surface area contributed by atoms with Gasteiger partial charge in [0.2, 0.25) is 0 Å². The molecule has 0 saturated heterocycles. The molecule has 0 N–H and O–H groups in total. The molecule has 0 atom stereocenters. The molecule has 0 aliphatic rings. The maximum absolute atomic E-state index is 6.63. The molecular weight excluding hydrogens is 544 g/mol. The fraction of sp³-hybridized carbons (Fsp3) is 0. The molecule has 206 valence electrons. The topological polar surface area (TPSA) is 13.1 Å². The summed E-state index contributed by atoms with van der Waals surface area (Å²) in [6.45, 7) is 0. The van der Waals surface area contributed by atoms with Crippen molar-refractivity contribution in [2.45, 2.75) is 0 Å². The van der Waals surface area contributed by atoms with Crippen LogP contribution >= 0.6 is 0 Å². The molecule has 1 heteroatoms. The zero-order valence-electron chi connectivity index (χ0n) is 24.3. The van der Waals surface area contributed by atoms with Crippen molar-refractivity contribution in [3.8, 4) is 22.3 Å². The summed E-state index contributed by atoms with van der Waals surface area (Å²) in [5, 5.41) is 17.9. The summed E-state index contributed by atoms with van der Waals surface area (Å²) in [6.07, 6.45) is 0. The third kappa shape index (κ3) is 3.12. The Bertz CT molecular complexity index is 2740. The van der Waals surface area contributed by atoms with Crippen molar-refractivity contribution in [2.75, 3.05) is 0 Å². The second kappa shape index (κ2) is 8.37. The van der Waals surface area contributed by atoms with E-state index in [2.05, 4.69) is 146 Å². The van der Waals surface area contributed by atoms with Gasteiger partial charge in [-0.05, 0) is 111 Å². The van der Waals surface area contributed by atoms with Crippen LogP contribution in [0.3, 0.4) is 0 Å². The van der Waals surface area contributed by atoms with Crippen LogP contribution in [-0.4, -0.2) is 0 Å². The van der Waals surface area contributed by atoms with Crippen molar-refractivity contribution in [1.82, 2.24) is 0 Å². The Kier molecular flexibility index (Phi) is 4.38. The van der Waals surface area contributed by atoms with Crippen molar-refractivity contribution >= 4 is 86.6 Å². The van der Waals surface area contributed by atoms with Crippen LogP contribution in [0.4, 0.5) is 0 Å². The van der Waals surface area contributed by atoms with Gasteiger partial charge in [0.1, 0.15) is 11.2 Å². The molecule has 0 aliphatic heterocycles. The lowest BCUT2D eigenvalue weighted by atomic mass is 9.89. The average molecular weight is 569 g/mol. The maximum atomic E-state index is 6.63. The van der Waals surface area contributed by atoms with Gasteiger partial charge in [0.15, 0.2) is 0 Å². The average Bonchev–Trinajstić information content (AvgIpc) is 3.46. The van der Waals surface area contributed by atoms with Crippen LogP contribution in [0.2, 0.25) is 0 Å². The van der Waals surface area contributed by atoms with Crippen LogP contribution in [0.1, 0.15) is 0 Å². The van der Waals surface area contributed by atoms with Gasteiger partial charge in [-0.15, -0.1) is 0 Å². The number of hydrogen-bond donors (Lipinski definition) is 0. The predicted octanol–water partition coefficient (Wildman–Crippen LogP) is 12.7. The van der Waals surface area contributed by atoms with Gasteiger partial charge in [0.05, 0.1) is 0 Å². The largest absolute Gasteiger partial charge is 0.456 e. The molecule has 10 aromatic carbocycles. The lowest BCUT2D eigenvalue weighted by Gasteiger charge is -2.14. The fourth-order valence-corrected chi connectivity index (χ4v) is 8.09. The maximum Gasteiger partial charge on any atom is 0.136 e. The monoisotopic (exact) mass is 568 g/mol. The van der Waals surface area contributed by atoms with E-state index in [1.165, 1.54) is 86.9 Å². The molecule has 0 spiro atoms. The van der Waals surface area contributed by atoms with Gasteiger partial charge < -0.3 is 4.42 Å². The number of fused-ring (bicyclic) bond motifs is 3. The molecule has 0 amide bonds. The molecule has 1 heterocycles. The summed E-state index contributed by atoms with van der Waals surface area (Å²) in [4.78, 5) is 0. The van der Waals surface area contributed by atoms with E-state index in [4.69, 9.17) is 4.42 Å². The van der Waals surface area contributed by atoms with Crippen molar-refractivity contribution in [3.63, 3.8) is 0 Å². The van der Waals surface area contributed by atoms with E-state index in [1.807, 2.05) is 0 Å². The highest BCUT2D eigenvalue weighted by Crippen LogP contribution is 2.43. The summed E-state index contributed by atoms with van der Waals surface area (Å²) in [5.74, 6) is 0. The van der Waals surface area contributed by atoms with Crippen molar-refractivity contribution in [3.05, 3.63) is 146 Å². The molecule has 1 aromatic heterocycles. The van der Waals surface area contributed by atoms with Crippen LogP contribution in [0.5, 0.6) is 0 Å². The number of hydrogen-bond acceptors (Lipinski definition) is 1. The Labute approximate surface area is 258 Å². The van der Waals surface area contributed by atoms with E-state index in [1.54, 1.807) is 0 Å². The first-order valence-corrected chi connectivity index (χ1v) is 15.6. The van der Waals surface area contributed by atoms with Crippen molar-refractivity contribution < 1.29 is 4.42 Å². The molecule has 11 aromatic rings. The third-order valence-corrected chi connectivity index (χ3v) is 10.2. The normalized spacial score (nSPS) is 12.4. The summed E-state index contributed by atoms with van der Waals surface area (Å²) >= 11 is 0. The van der Waals surface area contributed by atoms with E-state index in [-0.39, 0.29) is 0 Å². The van der Waals surface area contributed by atoms with Gasteiger partial charge in [0, 0.05) is 10.8 Å². The van der Waals surface area contributed by atoms with Gasteiger partial charge in [-0.3, -0.25) is 0 Å². The molecule has 0 saturated carbocycles. The van der Waals surface area contributed by atoms with E-state index < -0.39 is 0 Å². The molecular formula is C44H24O. The van der Waals surface area contributed by atoms with E-state index in [9.17, 15) is 0 Å². The van der Waals surface area contributed by atoms with Gasteiger partial charge in [-0.1, -0.05) is 121 Å². The Morgan fingerprint density at radius 1 is 0.289 bits per heavy atom. The lowest BCUT2D eigenvalue weighted by molar-refractivity contribution is 0.669. The predicted molar refractivity (Wildman–Crippen MR) is 192 cm³/mol. The van der Waals surface area contributed by atoms with Crippen molar-refractivity contribution in [2.24, 2.45) is 0 Å². The second-order valence-electron chi connectivity index (χ2n) is 12.5. The van der Waals surface area contributed by atoms with Crippen LogP contribution in [0, 0.1) is 0 Å². The third-order valence-electron chi connectivity index (χ3n) is 10.2. The molecule has 1 nitrogen and oxygen atoms in total. The minimum absolute atomic E-state index is 0.917. The van der Waals surface area contributed by atoms with Crippen LogP contribution in [-0.2, 0) is 0 Å². The Balaban J connectivity index is 1.09. The highest BCUT2D eigenvalue weighted by Gasteiger charge is 2.16. The van der Waals surface area contributed by atoms with Gasteiger partial charge >= 0.3 is 0 Å². The summed E-state index contributed by atoms with van der Waals surface area (Å²) in [7, 11) is 0. The number of furan rings is 1. The lowest BCUT2D eigenvalue weighted by Crippen LogP contribution is -1.87. The zero-order chi connectivity index (χ0) is 29.2. The van der Waals surface area contributed by atoms with Crippen LogP contribution < -0.4 is 0 Å². The highest BCUT2D eigenvalue weighted by atomic mass is 16.3. The summed E-state index contributed by atoms with van der Waals surface area (Å²) in [5.41, 5.74) is 6.65. The summed E-state index contributed by atoms with van der Waals surface area (Å²) < 4.78 is 6.63. The second-order valence-corrected chi connectivity index (χ2v) is 12.5. The number of rotatable bonds is 2. The smallest absolute Gasteiger partial charge is 0.136 e. The van der Waals surface area contributed by atoms with Gasteiger partial charge in [-0.25, -0.2) is 0 Å².